The molecule has 78 valence electrons. The van der Waals surface area contributed by atoms with Gasteiger partial charge in [0.1, 0.15) is 6.26 Å². The molecule has 0 fully saturated rings. The van der Waals surface area contributed by atoms with E-state index in [2.05, 4.69) is 5.32 Å². The van der Waals surface area contributed by atoms with E-state index < -0.39 is 5.54 Å². The molecule has 0 aliphatic heterocycles. The number of hydrogen-bond acceptors (Lipinski definition) is 3. The monoisotopic (exact) mass is 216 g/mol. The first-order chi connectivity index (χ1) is 6.38. The molecule has 0 saturated heterocycles. The summed E-state index contributed by atoms with van der Waals surface area (Å²) in [6.07, 6.45) is 1.31. The summed E-state index contributed by atoms with van der Waals surface area (Å²) in [5.74, 6) is -0.116. The summed E-state index contributed by atoms with van der Waals surface area (Å²) in [6, 6.07) is 1.46. The Morgan fingerprint density at radius 1 is 1.71 bits per heavy atom. The van der Waals surface area contributed by atoms with Crippen LogP contribution in [0.15, 0.2) is 16.7 Å². The van der Waals surface area contributed by atoms with Crippen molar-refractivity contribution in [2.45, 2.75) is 19.4 Å². The minimum Gasteiger partial charge on any atom is -0.458 e. The van der Waals surface area contributed by atoms with Crippen molar-refractivity contribution in [3.05, 3.63) is 23.1 Å². The van der Waals surface area contributed by atoms with Gasteiger partial charge in [0.25, 0.3) is 5.91 Å². The topological polar surface area (TPSA) is 68.3 Å². The molecule has 0 aliphatic carbocycles. The highest BCUT2D eigenvalue weighted by molar-refractivity contribution is 6.30. The van der Waals surface area contributed by atoms with E-state index in [0.717, 1.165) is 0 Å². The lowest BCUT2D eigenvalue weighted by Gasteiger charge is -2.18. The maximum absolute atomic E-state index is 11.4. The Labute approximate surface area is 87.4 Å². The Balaban J connectivity index is 2.52. The molecule has 0 aliphatic rings. The minimum atomic E-state index is -0.438. The molecule has 0 bridgehead atoms. The highest BCUT2D eigenvalue weighted by Gasteiger charge is 2.15. The predicted molar refractivity (Wildman–Crippen MR) is 54.3 cm³/mol. The van der Waals surface area contributed by atoms with Gasteiger partial charge in [-0.1, -0.05) is 11.6 Å². The van der Waals surface area contributed by atoms with Crippen molar-refractivity contribution >= 4 is 17.5 Å². The minimum absolute atomic E-state index is 0.194. The van der Waals surface area contributed by atoms with Crippen molar-refractivity contribution in [2.24, 2.45) is 5.73 Å². The fourth-order valence-electron chi connectivity index (χ4n) is 0.827. The van der Waals surface area contributed by atoms with E-state index >= 15 is 0 Å². The zero-order chi connectivity index (χ0) is 10.8. The Bertz CT molecular complexity index is 328. The number of nitrogens with one attached hydrogen (secondary N) is 1. The van der Waals surface area contributed by atoms with Crippen molar-refractivity contribution in [3.63, 3.8) is 0 Å². The van der Waals surface area contributed by atoms with Crippen LogP contribution in [0.4, 0.5) is 0 Å². The predicted octanol–water partition coefficient (Wildman–Crippen LogP) is 1.40. The van der Waals surface area contributed by atoms with E-state index in [4.69, 9.17) is 21.8 Å². The lowest BCUT2D eigenvalue weighted by Crippen LogP contribution is -2.45. The van der Waals surface area contributed by atoms with Gasteiger partial charge in [-0.05, 0) is 13.8 Å². The van der Waals surface area contributed by atoms with Crippen LogP contribution in [0.2, 0.25) is 5.02 Å². The summed E-state index contributed by atoms with van der Waals surface area (Å²) in [5.41, 5.74) is 5.26. The number of nitrogens with two attached hydrogens (primary N) is 1. The number of rotatable bonds is 3. The third-order valence-corrected chi connectivity index (χ3v) is 1.69. The molecular weight excluding hydrogens is 204 g/mol. The van der Waals surface area contributed by atoms with E-state index in [-0.39, 0.29) is 11.7 Å². The Morgan fingerprint density at radius 2 is 2.36 bits per heavy atom. The molecule has 1 heterocycles. The van der Waals surface area contributed by atoms with Gasteiger partial charge in [0.2, 0.25) is 0 Å². The Morgan fingerprint density at radius 3 is 2.79 bits per heavy atom. The molecule has 0 radical (unpaired) electrons. The Hall–Kier alpha value is -1.00. The van der Waals surface area contributed by atoms with Crippen molar-refractivity contribution in [1.82, 2.24) is 5.32 Å². The quantitative estimate of drug-likeness (QED) is 0.803. The first kappa shape index (κ1) is 11.1. The summed E-state index contributed by atoms with van der Waals surface area (Å²) >= 11 is 5.60. The van der Waals surface area contributed by atoms with Gasteiger partial charge in [-0.25, -0.2) is 0 Å². The third-order valence-electron chi connectivity index (χ3n) is 1.50. The van der Waals surface area contributed by atoms with Crippen LogP contribution in [0.25, 0.3) is 0 Å². The molecule has 5 heteroatoms. The second-order valence-electron chi connectivity index (χ2n) is 3.80. The maximum Gasteiger partial charge on any atom is 0.287 e. The molecule has 0 aromatic carbocycles. The van der Waals surface area contributed by atoms with Gasteiger partial charge in [-0.15, -0.1) is 0 Å². The highest BCUT2D eigenvalue weighted by Crippen LogP contribution is 2.12. The molecule has 0 saturated carbocycles. The molecule has 1 aromatic heterocycles. The van der Waals surface area contributed by atoms with Gasteiger partial charge in [-0.2, -0.15) is 0 Å². The van der Waals surface area contributed by atoms with E-state index in [1.165, 1.54) is 12.3 Å². The van der Waals surface area contributed by atoms with Crippen LogP contribution in [-0.2, 0) is 0 Å². The zero-order valence-corrected chi connectivity index (χ0v) is 8.89. The summed E-state index contributed by atoms with van der Waals surface area (Å²) in [7, 11) is 0. The molecule has 1 aromatic rings. The summed E-state index contributed by atoms with van der Waals surface area (Å²) in [6.45, 7) is 4.02. The van der Waals surface area contributed by atoms with Crippen molar-refractivity contribution in [2.75, 3.05) is 6.54 Å². The number of carbonyl (C=O) groups is 1. The van der Waals surface area contributed by atoms with Gasteiger partial charge < -0.3 is 15.5 Å². The van der Waals surface area contributed by atoms with Crippen LogP contribution in [0.5, 0.6) is 0 Å². The molecule has 4 nitrogen and oxygen atoms in total. The maximum atomic E-state index is 11.4. The number of furan rings is 1. The molecule has 3 N–H and O–H groups in total. The molecule has 0 spiro atoms. The standard InChI is InChI=1S/C9H13ClN2O2/c1-9(2,11)5-12-8(13)7-3-6(10)4-14-7/h3-4H,5,11H2,1-2H3,(H,12,13). The van der Waals surface area contributed by atoms with Crippen LogP contribution in [-0.4, -0.2) is 18.0 Å². The number of amides is 1. The molecule has 1 amide bonds. The SMILES string of the molecule is CC(C)(N)CNC(=O)c1cc(Cl)co1. The lowest BCUT2D eigenvalue weighted by molar-refractivity contribution is 0.0918. The number of carbonyl (C=O) groups excluding carboxylic acids is 1. The summed E-state index contributed by atoms with van der Waals surface area (Å²) in [4.78, 5) is 11.4. The summed E-state index contributed by atoms with van der Waals surface area (Å²) in [5, 5.41) is 3.04. The average molecular weight is 217 g/mol. The highest BCUT2D eigenvalue weighted by atomic mass is 35.5. The Kier molecular flexibility index (Phi) is 3.18. The molecular formula is C9H13ClN2O2. The molecule has 0 unspecified atom stereocenters. The van der Waals surface area contributed by atoms with E-state index in [1.54, 1.807) is 0 Å². The van der Waals surface area contributed by atoms with E-state index in [1.807, 2.05) is 13.8 Å². The third kappa shape index (κ3) is 3.40. The molecule has 1 rings (SSSR count). The van der Waals surface area contributed by atoms with Crippen molar-refractivity contribution < 1.29 is 9.21 Å². The largest absolute Gasteiger partial charge is 0.458 e. The van der Waals surface area contributed by atoms with E-state index in [9.17, 15) is 4.79 Å². The van der Waals surface area contributed by atoms with Gasteiger partial charge in [0.15, 0.2) is 5.76 Å². The fourth-order valence-corrected chi connectivity index (χ4v) is 0.971. The molecule has 14 heavy (non-hydrogen) atoms. The first-order valence-electron chi connectivity index (χ1n) is 4.19. The van der Waals surface area contributed by atoms with Crippen LogP contribution in [0, 0.1) is 0 Å². The lowest BCUT2D eigenvalue weighted by atomic mass is 10.1. The first-order valence-corrected chi connectivity index (χ1v) is 4.57. The van der Waals surface area contributed by atoms with Crippen LogP contribution in [0.3, 0.4) is 0 Å². The molecule has 0 atom stereocenters. The van der Waals surface area contributed by atoms with Gasteiger partial charge in [0, 0.05) is 18.2 Å². The normalized spacial score (nSPS) is 11.4. The fraction of sp³-hybridized carbons (Fsp3) is 0.444. The van der Waals surface area contributed by atoms with Crippen LogP contribution in [0.1, 0.15) is 24.4 Å². The van der Waals surface area contributed by atoms with Crippen molar-refractivity contribution in [3.8, 4) is 0 Å². The second-order valence-corrected chi connectivity index (χ2v) is 4.24. The van der Waals surface area contributed by atoms with E-state index in [0.29, 0.717) is 11.6 Å². The van der Waals surface area contributed by atoms with Crippen molar-refractivity contribution in [1.29, 1.82) is 0 Å². The van der Waals surface area contributed by atoms with Gasteiger partial charge in [0.05, 0.1) is 5.02 Å². The average Bonchev–Trinajstić information content (AvgIpc) is 2.46. The second kappa shape index (κ2) is 4.02. The number of hydrogen-bond donors (Lipinski definition) is 2. The number of halogens is 1. The smallest absolute Gasteiger partial charge is 0.287 e. The summed E-state index contributed by atoms with van der Waals surface area (Å²) < 4.78 is 4.91. The van der Waals surface area contributed by atoms with Gasteiger partial charge in [-0.3, -0.25) is 4.79 Å². The van der Waals surface area contributed by atoms with Crippen LogP contribution >= 0.6 is 11.6 Å². The van der Waals surface area contributed by atoms with Gasteiger partial charge >= 0.3 is 0 Å². The zero-order valence-electron chi connectivity index (χ0n) is 8.13. The van der Waals surface area contributed by atoms with Crippen LogP contribution < -0.4 is 11.1 Å².